The number of ether oxygens (including phenoxy) is 1. The number of benzene rings is 1. The molecule has 2 N–H and O–H groups in total. The number of hydrogen-bond donors (Lipinski definition) is 2. The van der Waals surface area contributed by atoms with Crippen molar-refractivity contribution in [3.63, 3.8) is 0 Å². The van der Waals surface area contributed by atoms with Gasteiger partial charge in [-0.1, -0.05) is 49.6 Å². The number of amides is 3. The molecule has 1 aliphatic carbocycles. The van der Waals surface area contributed by atoms with E-state index in [1.807, 2.05) is 30.3 Å². The third-order valence-corrected chi connectivity index (χ3v) is 6.40. The molecule has 1 saturated heterocycles. The molecule has 3 rings (SSSR count). The molecular weight excluding hydrogens is 418 g/mol. The molecule has 182 valence electrons. The lowest BCUT2D eigenvalue weighted by atomic mass is 9.88. The Bertz CT molecular complexity index is 792. The fourth-order valence-corrected chi connectivity index (χ4v) is 4.65. The number of likely N-dealkylation sites (tertiary alicyclic amines) is 1. The number of nitrogens with one attached hydrogen (secondary N) is 2. The zero-order chi connectivity index (χ0) is 23.8. The summed E-state index contributed by atoms with van der Waals surface area (Å²) in [7, 11) is 0. The summed E-state index contributed by atoms with van der Waals surface area (Å²) < 4.78 is 5.39. The summed E-state index contributed by atoms with van der Waals surface area (Å²) in [4.78, 5) is 40.1. The minimum Gasteiger partial charge on any atom is -0.444 e. The molecule has 1 unspecified atom stereocenters. The third kappa shape index (κ3) is 8.06. The minimum absolute atomic E-state index is 0.106. The van der Waals surface area contributed by atoms with Crippen LogP contribution in [0.3, 0.4) is 0 Å². The Labute approximate surface area is 197 Å². The van der Waals surface area contributed by atoms with E-state index in [0.29, 0.717) is 19.5 Å². The molecule has 7 heteroatoms. The quantitative estimate of drug-likeness (QED) is 0.680. The van der Waals surface area contributed by atoms with Gasteiger partial charge in [0.1, 0.15) is 11.6 Å². The first-order valence-electron chi connectivity index (χ1n) is 12.3. The van der Waals surface area contributed by atoms with Crippen LogP contribution in [-0.4, -0.2) is 53.6 Å². The van der Waals surface area contributed by atoms with Crippen LogP contribution in [0.15, 0.2) is 30.3 Å². The zero-order valence-electron chi connectivity index (χ0n) is 20.3. The Hall–Kier alpha value is -2.57. The van der Waals surface area contributed by atoms with E-state index >= 15 is 0 Å². The van der Waals surface area contributed by atoms with Gasteiger partial charge in [0.05, 0.1) is 0 Å². The van der Waals surface area contributed by atoms with Crippen molar-refractivity contribution >= 4 is 17.9 Å². The van der Waals surface area contributed by atoms with Gasteiger partial charge in [-0.05, 0) is 52.0 Å². The van der Waals surface area contributed by atoms with Gasteiger partial charge >= 0.3 is 6.09 Å². The number of carbonyl (C=O) groups is 3. The van der Waals surface area contributed by atoms with E-state index in [0.717, 1.165) is 44.1 Å². The fourth-order valence-electron chi connectivity index (χ4n) is 4.65. The highest BCUT2D eigenvalue weighted by atomic mass is 16.6. The first-order chi connectivity index (χ1) is 15.7. The van der Waals surface area contributed by atoms with E-state index in [1.165, 1.54) is 6.42 Å². The molecule has 1 aromatic rings. The van der Waals surface area contributed by atoms with Gasteiger partial charge in [-0.2, -0.15) is 0 Å². The Morgan fingerprint density at radius 2 is 1.64 bits per heavy atom. The summed E-state index contributed by atoms with van der Waals surface area (Å²) in [5, 5.41) is 5.99. The van der Waals surface area contributed by atoms with Gasteiger partial charge in [-0.3, -0.25) is 9.59 Å². The highest BCUT2D eigenvalue weighted by molar-refractivity contribution is 5.86. The van der Waals surface area contributed by atoms with Gasteiger partial charge in [0.2, 0.25) is 11.8 Å². The zero-order valence-corrected chi connectivity index (χ0v) is 20.3. The molecule has 0 aromatic heterocycles. The molecule has 2 aliphatic rings. The monoisotopic (exact) mass is 457 g/mol. The predicted octanol–water partition coefficient (Wildman–Crippen LogP) is 3.81. The summed E-state index contributed by atoms with van der Waals surface area (Å²) in [6, 6.07) is 9.07. The van der Waals surface area contributed by atoms with Gasteiger partial charge in [-0.25, -0.2) is 4.79 Å². The topological polar surface area (TPSA) is 87.7 Å². The second kappa shape index (κ2) is 11.5. The summed E-state index contributed by atoms with van der Waals surface area (Å²) in [5.74, 6) is 0.210. The lowest BCUT2D eigenvalue weighted by molar-refractivity contribution is -0.134. The fraction of sp³-hybridized carbons (Fsp3) is 0.654. The average molecular weight is 458 g/mol. The van der Waals surface area contributed by atoms with Crippen LogP contribution < -0.4 is 10.6 Å². The molecule has 33 heavy (non-hydrogen) atoms. The largest absolute Gasteiger partial charge is 0.444 e. The summed E-state index contributed by atoms with van der Waals surface area (Å²) in [5.41, 5.74) is 0.334. The van der Waals surface area contributed by atoms with Crippen molar-refractivity contribution in [2.75, 3.05) is 13.1 Å². The lowest BCUT2D eigenvalue weighted by Gasteiger charge is -2.35. The molecule has 1 atom stereocenters. The van der Waals surface area contributed by atoms with Gasteiger partial charge in [0, 0.05) is 31.5 Å². The molecule has 1 heterocycles. The molecule has 2 fully saturated rings. The van der Waals surface area contributed by atoms with Crippen LogP contribution >= 0.6 is 0 Å². The Morgan fingerprint density at radius 3 is 2.24 bits per heavy atom. The number of carbonyl (C=O) groups excluding carboxylic acids is 3. The Kier molecular flexibility index (Phi) is 8.75. The van der Waals surface area contributed by atoms with Crippen LogP contribution in [0.4, 0.5) is 4.79 Å². The highest BCUT2D eigenvalue weighted by Gasteiger charge is 2.32. The molecule has 3 amide bonds. The van der Waals surface area contributed by atoms with Crippen molar-refractivity contribution < 1.29 is 19.1 Å². The summed E-state index contributed by atoms with van der Waals surface area (Å²) in [6.45, 7) is 6.53. The summed E-state index contributed by atoms with van der Waals surface area (Å²) in [6.07, 6.45) is 6.75. The van der Waals surface area contributed by atoms with Crippen LogP contribution in [0.25, 0.3) is 0 Å². The second-order valence-electron chi connectivity index (χ2n) is 10.3. The van der Waals surface area contributed by atoms with Crippen LogP contribution in [0.1, 0.15) is 71.3 Å². The van der Waals surface area contributed by atoms with Gasteiger partial charge in [-0.15, -0.1) is 0 Å². The number of alkyl carbamates (subject to hydrolysis) is 1. The molecular formula is C26H39N3O4. The minimum atomic E-state index is -0.698. The maximum atomic E-state index is 13.3. The molecule has 0 bridgehead atoms. The van der Waals surface area contributed by atoms with Crippen LogP contribution in [0.2, 0.25) is 0 Å². The van der Waals surface area contributed by atoms with Crippen molar-refractivity contribution in [2.45, 2.75) is 89.8 Å². The third-order valence-electron chi connectivity index (χ3n) is 6.40. The first-order valence-corrected chi connectivity index (χ1v) is 12.3. The van der Waals surface area contributed by atoms with E-state index < -0.39 is 17.7 Å². The van der Waals surface area contributed by atoms with Crippen LogP contribution in [0, 0.1) is 5.92 Å². The predicted molar refractivity (Wildman–Crippen MR) is 128 cm³/mol. The Balaban J connectivity index is 1.56. The van der Waals surface area contributed by atoms with Gasteiger partial charge in [0.25, 0.3) is 0 Å². The smallest absolute Gasteiger partial charge is 0.408 e. The molecule has 1 saturated carbocycles. The second-order valence-corrected chi connectivity index (χ2v) is 10.3. The molecule has 7 nitrogen and oxygen atoms in total. The normalized spacial score (nSPS) is 18.9. The highest BCUT2D eigenvalue weighted by Crippen LogP contribution is 2.24. The number of rotatable bonds is 6. The number of hydrogen-bond acceptors (Lipinski definition) is 4. The Morgan fingerprint density at radius 1 is 1.00 bits per heavy atom. The lowest BCUT2D eigenvalue weighted by Crippen LogP contribution is -2.54. The van der Waals surface area contributed by atoms with E-state index in [4.69, 9.17) is 4.74 Å². The van der Waals surface area contributed by atoms with Crippen molar-refractivity contribution in [3.05, 3.63) is 35.9 Å². The van der Waals surface area contributed by atoms with E-state index in [2.05, 4.69) is 10.6 Å². The van der Waals surface area contributed by atoms with Crippen molar-refractivity contribution in [2.24, 2.45) is 5.92 Å². The summed E-state index contributed by atoms with van der Waals surface area (Å²) >= 11 is 0. The number of piperidine rings is 1. The molecule has 1 aliphatic heterocycles. The maximum absolute atomic E-state index is 13.3. The average Bonchev–Trinajstić information content (AvgIpc) is 2.79. The van der Waals surface area contributed by atoms with Crippen molar-refractivity contribution in [1.82, 2.24) is 15.5 Å². The van der Waals surface area contributed by atoms with Gasteiger partial charge < -0.3 is 20.3 Å². The molecule has 0 spiro atoms. The first kappa shape index (κ1) is 25.1. The van der Waals surface area contributed by atoms with Gasteiger partial charge in [0.15, 0.2) is 0 Å². The SMILES string of the molecule is CC(C)(C)OC(=O)NC(Cc1ccccc1)C(=O)N1CCC(NC(=O)C2CCCCC2)CC1. The van der Waals surface area contributed by atoms with Crippen LogP contribution in [0.5, 0.6) is 0 Å². The van der Waals surface area contributed by atoms with E-state index in [9.17, 15) is 14.4 Å². The van der Waals surface area contributed by atoms with E-state index in [1.54, 1.807) is 25.7 Å². The standard InChI is InChI=1S/C26H39N3O4/c1-26(2,3)33-25(32)28-22(18-19-10-6-4-7-11-19)24(31)29-16-14-21(15-17-29)27-23(30)20-12-8-5-9-13-20/h4,6-7,10-11,20-22H,5,8-9,12-18H2,1-3H3,(H,27,30)(H,28,32). The molecule has 1 aromatic carbocycles. The van der Waals surface area contributed by atoms with Crippen LogP contribution in [-0.2, 0) is 20.7 Å². The number of nitrogens with zero attached hydrogens (tertiary/aromatic N) is 1. The van der Waals surface area contributed by atoms with E-state index in [-0.39, 0.29) is 23.8 Å². The maximum Gasteiger partial charge on any atom is 0.408 e. The van der Waals surface area contributed by atoms with Crippen molar-refractivity contribution in [1.29, 1.82) is 0 Å². The van der Waals surface area contributed by atoms with Crippen molar-refractivity contribution in [3.8, 4) is 0 Å². The molecule has 0 radical (unpaired) electrons.